The topological polar surface area (TPSA) is 69.6 Å². The van der Waals surface area contributed by atoms with Crippen LogP contribution in [0, 0.1) is 0 Å². The predicted molar refractivity (Wildman–Crippen MR) is 77.3 cm³/mol. The lowest BCUT2D eigenvalue weighted by atomic mass is 9.63. The van der Waals surface area contributed by atoms with Gasteiger partial charge in [0, 0.05) is 0 Å². The quantitative estimate of drug-likeness (QED) is 0.735. The van der Waals surface area contributed by atoms with E-state index >= 15 is 0 Å². The summed E-state index contributed by atoms with van der Waals surface area (Å²) in [5, 5.41) is 21.8. The van der Waals surface area contributed by atoms with Crippen LogP contribution in [0.5, 0.6) is 0 Å². The molecule has 0 unspecified atom stereocenters. The van der Waals surface area contributed by atoms with Crippen LogP contribution in [0.1, 0.15) is 38.2 Å². The molecule has 1 amide bonds. The Balaban J connectivity index is 2.22. The highest BCUT2D eigenvalue weighted by molar-refractivity contribution is 5.89. The Morgan fingerprint density at radius 2 is 1.85 bits per heavy atom. The van der Waals surface area contributed by atoms with E-state index in [0.717, 1.165) is 24.8 Å². The predicted octanol–water partition coefficient (Wildman–Crippen LogP) is 1.36. The van der Waals surface area contributed by atoms with Gasteiger partial charge in [-0.25, -0.2) is 0 Å². The fourth-order valence-corrected chi connectivity index (χ4v) is 2.74. The molecule has 20 heavy (non-hydrogen) atoms. The second kappa shape index (κ2) is 5.94. The van der Waals surface area contributed by atoms with Gasteiger partial charge in [0.2, 0.25) is 5.91 Å². The van der Waals surface area contributed by atoms with Crippen molar-refractivity contribution in [2.75, 3.05) is 13.2 Å². The number of amides is 1. The van der Waals surface area contributed by atoms with Crippen LogP contribution >= 0.6 is 0 Å². The number of rotatable bonds is 6. The minimum absolute atomic E-state index is 0.0834. The van der Waals surface area contributed by atoms with Gasteiger partial charge in [0.25, 0.3) is 0 Å². The van der Waals surface area contributed by atoms with Crippen molar-refractivity contribution in [3.8, 4) is 0 Å². The van der Waals surface area contributed by atoms with Crippen LogP contribution in [0.2, 0.25) is 0 Å². The Morgan fingerprint density at radius 1 is 1.25 bits per heavy atom. The van der Waals surface area contributed by atoms with Gasteiger partial charge in [0.15, 0.2) is 0 Å². The van der Waals surface area contributed by atoms with Crippen LogP contribution in [0.15, 0.2) is 30.3 Å². The Kier molecular flexibility index (Phi) is 4.45. The van der Waals surface area contributed by atoms with E-state index in [0.29, 0.717) is 6.42 Å². The lowest BCUT2D eigenvalue weighted by Crippen LogP contribution is -2.60. The molecule has 0 heterocycles. The van der Waals surface area contributed by atoms with Crippen LogP contribution in [0.4, 0.5) is 0 Å². The summed E-state index contributed by atoms with van der Waals surface area (Å²) in [6.07, 6.45) is 3.16. The molecule has 1 fully saturated rings. The zero-order valence-electron chi connectivity index (χ0n) is 11.9. The summed E-state index contributed by atoms with van der Waals surface area (Å²) in [5.74, 6) is -0.0834. The Labute approximate surface area is 119 Å². The van der Waals surface area contributed by atoms with Crippen molar-refractivity contribution >= 4 is 5.91 Å². The molecule has 1 aromatic carbocycles. The minimum Gasteiger partial charge on any atom is -0.394 e. The van der Waals surface area contributed by atoms with E-state index in [-0.39, 0.29) is 19.1 Å². The van der Waals surface area contributed by atoms with Gasteiger partial charge in [-0.3, -0.25) is 4.79 Å². The molecule has 2 rings (SSSR count). The van der Waals surface area contributed by atoms with Crippen LogP contribution < -0.4 is 5.32 Å². The fourth-order valence-electron chi connectivity index (χ4n) is 2.74. The molecule has 4 heteroatoms. The van der Waals surface area contributed by atoms with E-state index in [1.807, 2.05) is 37.3 Å². The van der Waals surface area contributed by atoms with E-state index in [1.165, 1.54) is 0 Å². The number of benzene rings is 1. The zero-order chi connectivity index (χ0) is 14.6. The Morgan fingerprint density at radius 3 is 2.25 bits per heavy atom. The maximum absolute atomic E-state index is 12.7. The average molecular weight is 277 g/mol. The van der Waals surface area contributed by atoms with Gasteiger partial charge >= 0.3 is 0 Å². The molecule has 0 bridgehead atoms. The summed E-state index contributed by atoms with van der Waals surface area (Å²) < 4.78 is 0. The molecule has 3 N–H and O–H groups in total. The highest BCUT2D eigenvalue weighted by Crippen LogP contribution is 2.44. The van der Waals surface area contributed by atoms with E-state index in [1.54, 1.807) is 0 Å². The molecular weight excluding hydrogens is 254 g/mol. The lowest BCUT2D eigenvalue weighted by molar-refractivity contribution is -0.133. The standard InChI is InChI=1S/C16H23NO3/c1-2-15(11-18,12-19)17-14(20)16(9-6-10-16)13-7-4-3-5-8-13/h3-5,7-8,18-19H,2,6,9-12H2,1H3,(H,17,20). The minimum atomic E-state index is -0.922. The second-order valence-electron chi connectivity index (χ2n) is 5.71. The van der Waals surface area contributed by atoms with E-state index in [4.69, 9.17) is 0 Å². The van der Waals surface area contributed by atoms with Crippen molar-refractivity contribution in [3.05, 3.63) is 35.9 Å². The lowest BCUT2D eigenvalue weighted by Gasteiger charge is -2.43. The van der Waals surface area contributed by atoms with E-state index < -0.39 is 11.0 Å². The first kappa shape index (κ1) is 15.0. The number of aliphatic hydroxyl groups excluding tert-OH is 2. The number of carbonyl (C=O) groups is 1. The smallest absolute Gasteiger partial charge is 0.231 e. The van der Waals surface area contributed by atoms with E-state index in [2.05, 4.69) is 5.32 Å². The third-order valence-electron chi connectivity index (χ3n) is 4.63. The fraction of sp³-hybridized carbons (Fsp3) is 0.562. The normalized spacial score (nSPS) is 17.4. The van der Waals surface area contributed by atoms with Gasteiger partial charge in [-0.1, -0.05) is 43.7 Å². The van der Waals surface area contributed by atoms with Crippen molar-refractivity contribution in [2.45, 2.75) is 43.6 Å². The molecule has 1 aliphatic carbocycles. The monoisotopic (exact) mass is 277 g/mol. The van der Waals surface area contributed by atoms with Crippen LogP contribution in [-0.4, -0.2) is 34.9 Å². The summed E-state index contributed by atoms with van der Waals surface area (Å²) in [7, 11) is 0. The molecule has 0 aromatic heterocycles. The first-order valence-corrected chi connectivity index (χ1v) is 7.22. The van der Waals surface area contributed by atoms with Gasteiger partial charge < -0.3 is 15.5 Å². The van der Waals surface area contributed by atoms with Crippen molar-refractivity contribution in [1.82, 2.24) is 5.32 Å². The molecule has 1 saturated carbocycles. The van der Waals surface area contributed by atoms with E-state index in [9.17, 15) is 15.0 Å². The summed E-state index contributed by atoms with van der Waals surface area (Å²) in [6, 6.07) is 9.77. The molecule has 0 atom stereocenters. The summed E-state index contributed by atoms with van der Waals surface area (Å²) in [6.45, 7) is 1.34. The summed E-state index contributed by atoms with van der Waals surface area (Å²) >= 11 is 0. The molecule has 0 radical (unpaired) electrons. The first-order valence-electron chi connectivity index (χ1n) is 7.22. The number of nitrogens with one attached hydrogen (secondary N) is 1. The summed E-state index contributed by atoms with van der Waals surface area (Å²) in [4.78, 5) is 12.7. The molecule has 1 aromatic rings. The molecule has 0 aliphatic heterocycles. The van der Waals surface area contributed by atoms with Crippen LogP contribution in [0.25, 0.3) is 0 Å². The van der Waals surface area contributed by atoms with Gasteiger partial charge in [0.1, 0.15) is 0 Å². The highest BCUT2D eigenvalue weighted by atomic mass is 16.3. The van der Waals surface area contributed by atoms with Gasteiger partial charge in [-0.2, -0.15) is 0 Å². The van der Waals surface area contributed by atoms with Gasteiger partial charge in [0.05, 0.1) is 24.2 Å². The maximum Gasteiger partial charge on any atom is 0.231 e. The number of aliphatic hydroxyl groups is 2. The van der Waals surface area contributed by atoms with Crippen LogP contribution in [0.3, 0.4) is 0 Å². The Bertz CT molecular complexity index is 442. The number of hydrogen-bond donors (Lipinski definition) is 3. The average Bonchev–Trinajstić information content (AvgIpc) is 2.45. The summed E-state index contributed by atoms with van der Waals surface area (Å²) in [5.41, 5.74) is -0.398. The molecule has 4 nitrogen and oxygen atoms in total. The largest absolute Gasteiger partial charge is 0.394 e. The first-order chi connectivity index (χ1) is 9.62. The third-order valence-corrected chi connectivity index (χ3v) is 4.63. The Hall–Kier alpha value is -1.39. The number of carbonyl (C=O) groups excluding carboxylic acids is 1. The SMILES string of the molecule is CCC(CO)(CO)NC(=O)C1(c2ccccc2)CCC1. The van der Waals surface area contributed by atoms with Crippen molar-refractivity contribution in [2.24, 2.45) is 0 Å². The molecule has 0 saturated heterocycles. The number of hydrogen-bond acceptors (Lipinski definition) is 3. The molecular formula is C16H23NO3. The third kappa shape index (κ3) is 2.45. The maximum atomic E-state index is 12.7. The van der Waals surface area contributed by atoms with Gasteiger partial charge in [-0.15, -0.1) is 0 Å². The highest BCUT2D eigenvalue weighted by Gasteiger charge is 2.47. The van der Waals surface area contributed by atoms with Crippen LogP contribution in [-0.2, 0) is 10.2 Å². The molecule has 0 spiro atoms. The zero-order valence-corrected chi connectivity index (χ0v) is 11.9. The molecule has 1 aliphatic rings. The van der Waals surface area contributed by atoms with Crippen molar-refractivity contribution < 1.29 is 15.0 Å². The second-order valence-corrected chi connectivity index (χ2v) is 5.71. The van der Waals surface area contributed by atoms with Gasteiger partial charge in [-0.05, 0) is 24.8 Å². The molecule has 110 valence electrons. The van der Waals surface area contributed by atoms with Crippen molar-refractivity contribution in [1.29, 1.82) is 0 Å². The van der Waals surface area contributed by atoms with Crippen molar-refractivity contribution in [3.63, 3.8) is 0 Å².